The molecule has 0 saturated heterocycles. The number of nitrogens with zero attached hydrogens (tertiary/aromatic N) is 1. The standard InChI is InChI=1S/C33H54N4O6S/c1-5-14-28(33(41)36-29(31(39)30(38)7-3)23-26-17-12-9-13-18-26)35-32(40)27(22-25-15-10-8-11-16-25)24-44(42,43)37(4)21-20-34-19-6-2/h1,8,10-11,15-16,26-31,34,38-39H,6-7,9,12-14,17-24H2,2-4H3,(H,35,40)(H,36,41)/t27?,28-,29-,30-,31+/m0/s1. The summed E-state index contributed by atoms with van der Waals surface area (Å²) >= 11 is 0. The number of likely N-dealkylation sites (N-methyl/N-ethyl adjacent to an activating group) is 1. The molecule has 5 N–H and O–H groups in total. The fourth-order valence-corrected chi connectivity index (χ4v) is 7.06. The highest BCUT2D eigenvalue weighted by molar-refractivity contribution is 7.89. The molecule has 5 atom stereocenters. The lowest BCUT2D eigenvalue weighted by Gasteiger charge is -2.33. The molecule has 0 aliphatic heterocycles. The first-order valence-electron chi connectivity index (χ1n) is 16.1. The van der Waals surface area contributed by atoms with Crippen LogP contribution in [0.25, 0.3) is 0 Å². The molecule has 11 heteroatoms. The van der Waals surface area contributed by atoms with Crippen LogP contribution in [0.1, 0.15) is 77.2 Å². The molecule has 1 aromatic carbocycles. The summed E-state index contributed by atoms with van der Waals surface area (Å²) in [6.45, 7) is 5.32. The van der Waals surface area contributed by atoms with Gasteiger partial charge in [-0.3, -0.25) is 9.59 Å². The summed E-state index contributed by atoms with van der Waals surface area (Å²) in [6, 6.07) is 7.29. The minimum Gasteiger partial charge on any atom is -0.390 e. The SMILES string of the molecule is C#CC[C@H](NC(=O)C(Cc1ccccc1)CS(=O)(=O)N(C)CCNCCC)C(=O)N[C@@H](CC1CCCCC1)[C@@H](O)[C@@H](O)CC. The van der Waals surface area contributed by atoms with Gasteiger partial charge in [-0.25, -0.2) is 12.7 Å². The predicted octanol–water partition coefficient (Wildman–Crippen LogP) is 2.20. The summed E-state index contributed by atoms with van der Waals surface area (Å²) in [7, 11) is -2.31. The van der Waals surface area contributed by atoms with Gasteiger partial charge in [0.1, 0.15) is 6.04 Å². The van der Waals surface area contributed by atoms with Crippen molar-refractivity contribution in [1.29, 1.82) is 0 Å². The fourth-order valence-electron chi connectivity index (χ4n) is 5.66. The topological polar surface area (TPSA) is 148 Å². The lowest BCUT2D eigenvalue weighted by molar-refractivity contribution is -0.132. The zero-order valence-corrected chi connectivity index (χ0v) is 27.5. The molecule has 1 aliphatic carbocycles. The first-order chi connectivity index (χ1) is 21.0. The first-order valence-corrected chi connectivity index (χ1v) is 17.7. The zero-order valence-electron chi connectivity index (χ0n) is 26.7. The Kier molecular flexibility index (Phi) is 17.0. The number of carbonyl (C=O) groups is 2. The molecule has 1 saturated carbocycles. The van der Waals surface area contributed by atoms with E-state index in [-0.39, 0.29) is 19.4 Å². The molecule has 0 aromatic heterocycles. The molecule has 1 aliphatic rings. The molecule has 2 amide bonds. The highest BCUT2D eigenvalue weighted by Crippen LogP contribution is 2.28. The highest BCUT2D eigenvalue weighted by Gasteiger charge is 2.34. The van der Waals surface area contributed by atoms with Crippen LogP contribution in [0.2, 0.25) is 0 Å². The predicted molar refractivity (Wildman–Crippen MR) is 174 cm³/mol. The summed E-state index contributed by atoms with van der Waals surface area (Å²) in [5.41, 5.74) is 0.789. The van der Waals surface area contributed by atoms with Crippen molar-refractivity contribution < 1.29 is 28.2 Å². The van der Waals surface area contributed by atoms with E-state index >= 15 is 0 Å². The van der Waals surface area contributed by atoms with Crippen molar-refractivity contribution in [1.82, 2.24) is 20.3 Å². The van der Waals surface area contributed by atoms with Crippen LogP contribution in [0, 0.1) is 24.2 Å². The van der Waals surface area contributed by atoms with Crippen LogP contribution in [0.3, 0.4) is 0 Å². The molecule has 2 rings (SSSR count). The molecular weight excluding hydrogens is 580 g/mol. The number of hydrogen-bond acceptors (Lipinski definition) is 7. The van der Waals surface area contributed by atoms with E-state index in [1.165, 1.54) is 11.4 Å². The number of benzene rings is 1. The van der Waals surface area contributed by atoms with Gasteiger partial charge >= 0.3 is 0 Å². The van der Waals surface area contributed by atoms with E-state index in [9.17, 15) is 28.2 Å². The zero-order chi connectivity index (χ0) is 32.5. The highest BCUT2D eigenvalue weighted by atomic mass is 32.2. The van der Waals surface area contributed by atoms with Crippen LogP contribution >= 0.6 is 0 Å². The number of sulfonamides is 1. The van der Waals surface area contributed by atoms with Gasteiger partial charge in [-0.2, -0.15) is 0 Å². The Morgan fingerprint density at radius 2 is 1.73 bits per heavy atom. The molecule has 10 nitrogen and oxygen atoms in total. The number of nitrogens with one attached hydrogen (secondary N) is 3. The smallest absolute Gasteiger partial charge is 0.243 e. The van der Waals surface area contributed by atoms with Gasteiger partial charge in [0.05, 0.1) is 29.9 Å². The van der Waals surface area contributed by atoms with Crippen LogP contribution in [0.15, 0.2) is 30.3 Å². The third-order valence-electron chi connectivity index (χ3n) is 8.43. The van der Waals surface area contributed by atoms with Gasteiger partial charge in [0, 0.05) is 26.6 Å². The second-order valence-electron chi connectivity index (χ2n) is 12.0. The van der Waals surface area contributed by atoms with Crippen molar-refractivity contribution in [3.05, 3.63) is 35.9 Å². The lowest BCUT2D eigenvalue weighted by atomic mass is 9.82. The molecule has 1 fully saturated rings. The quantitative estimate of drug-likeness (QED) is 0.109. The maximum Gasteiger partial charge on any atom is 0.243 e. The monoisotopic (exact) mass is 634 g/mol. The second-order valence-corrected chi connectivity index (χ2v) is 14.1. The summed E-state index contributed by atoms with van der Waals surface area (Å²) in [4.78, 5) is 27.2. The fraction of sp³-hybridized carbons (Fsp3) is 0.697. The normalized spacial score (nSPS) is 17.7. The molecule has 0 heterocycles. The Balaban J connectivity index is 2.22. The number of rotatable bonds is 20. The summed E-state index contributed by atoms with van der Waals surface area (Å²) in [6.07, 6.45) is 10.5. The largest absolute Gasteiger partial charge is 0.390 e. The van der Waals surface area contributed by atoms with Gasteiger partial charge in [-0.05, 0) is 43.7 Å². The number of carbonyl (C=O) groups excluding carboxylic acids is 2. The average Bonchev–Trinajstić information content (AvgIpc) is 3.02. The van der Waals surface area contributed by atoms with Crippen molar-refractivity contribution in [2.45, 2.75) is 102 Å². The van der Waals surface area contributed by atoms with Gasteiger partial charge in [0.25, 0.3) is 0 Å². The van der Waals surface area contributed by atoms with Crippen molar-refractivity contribution in [3.8, 4) is 12.3 Å². The van der Waals surface area contributed by atoms with E-state index in [0.29, 0.717) is 25.3 Å². The maximum absolute atomic E-state index is 13.7. The Hall–Kier alpha value is -2.49. The van der Waals surface area contributed by atoms with Crippen molar-refractivity contribution in [2.24, 2.45) is 11.8 Å². The van der Waals surface area contributed by atoms with Crippen LogP contribution in [0.4, 0.5) is 0 Å². The molecule has 1 unspecified atom stereocenters. The summed E-state index contributed by atoms with van der Waals surface area (Å²) in [5.74, 6) is 0.168. The van der Waals surface area contributed by atoms with E-state index in [0.717, 1.165) is 50.6 Å². The molecule has 0 spiro atoms. The van der Waals surface area contributed by atoms with Crippen LogP contribution in [-0.4, -0.2) is 91.5 Å². The van der Waals surface area contributed by atoms with E-state index in [1.54, 1.807) is 6.92 Å². The summed E-state index contributed by atoms with van der Waals surface area (Å²) in [5, 5.41) is 30.1. The van der Waals surface area contributed by atoms with Crippen molar-refractivity contribution in [3.63, 3.8) is 0 Å². The lowest BCUT2D eigenvalue weighted by Crippen LogP contribution is -2.56. The Morgan fingerprint density at radius 3 is 2.34 bits per heavy atom. The number of aliphatic hydroxyl groups is 2. The Labute approximate surface area is 264 Å². The van der Waals surface area contributed by atoms with E-state index in [1.807, 2.05) is 37.3 Å². The van der Waals surface area contributed by atoms with Crippen molar-refractivity contribution in [2.75, 3.05) is 32.4 Å². The van der Waals surface area contributed by atoms with Gasteiger partial charge < -0.3 is 26.2 Å². The molecule has 44 heavy (non-hydrogen) atoms. The molecule has 1 aromatic rings. The van der Waals surface area contributed by atoms with Crippen LogP contribution < -0.4 is 16.0 Å². The van der Waals surface area contributed by atoms with Gasteiger partial charge in [-0.15, -0.1) is 12.3 Å². The minimum absolute atomic E-state index is 0.117. The average molecular weight is 635 g/mol. The van der Waals surface area contributed by atoms with E-state index in [4.69, 9.17) is 6.42 Å². The van der Waals surface area contributed by atoms with E-state index in [2.05, 4.69) is 21.9 Å². The maximum atomic E-state index is 13.7. The minimum atomic E-state index is -3.81. The second kappa shape index (κ2) is 19.8. The molecule has 0 radical (unpaired) electrons. The van der Waals surface area contributed by atoms with Gasteiger partial charge in [0.15, 0.2) is 0 Å². The Morgan fingerprint density at radius 1 is 1.05 bits per heavy atom. The molecule has 248 valence electrons. The van der Waals surface area contributed by atoms with Gasteiger partial charge in [0.2, 0.25) is 21.8 Å². The van der Waals surface area contributed by atoms with Crippen LogP contribution in [-0.2, 0) is 26.0 Å². The number of amides is 2. The molecule has 0 bridgehead atoms. The van der Waals surface area contributed by atoms with Crippen molar-refractivity contribution >= 4 is 21.8 Å². The number of aliphatic hydroxyl groups excluding tert-OH is 2. The number of hydrogen-bond donors (Lipinski definition) is 5. The van der Waals surface area contributed by atoms with E-state index < -0.39 is 57.8 Å². The molecular formula is C33H54N4O6S. The number of terminal acetylenes is 1. The third kappa shape index (κ3) is 12.9. The van der Waals surface area contributed by atoms with Gasteiger partial charge in [-0.1, -0.05) is 76.3 Å². The first kappa shape index (κ1) is 37.7. The Bertz CT molecular complexity index is 1140. The third-order valence-corrected chi connectivity index (χ3v) is 10.4. The summed E-state index contributed by atoms with van der Waals surface area (Å²) < 4.78 is 27.9. The van der Waals surface area contributed by atoms with Crippen LogP contribution in [0.5, 0.6) is 0 Å².